The summed E-state index contributed by atoms with van der Waals surface area (Å²) in [7, 11) is 0. The average molecular weight is 283 g/mol. The van der Waals surface area contributed by atoms with Crippen molar-refractivity contribution in [1.82, 2.24) is 14.9 Å². The number of nitrogens with zero attached hydrogens (tertiary/aromatic N) is 2. The predicted molar refractivity (Wildman–Crippen MR) is 86.7 cm³/mol. The number of aromatic nitrogens is 2. The zero-order chi connectivity index (χ0) is 14.6. The van der Waals surface area contributed by atoms with Crippen LogP contribution in [0.1, 0.15) is 43.1 Å². The molecule has 0 saturated carbocycles. The fourth-order valence-electron chi connectivity index (χ4n) is 4.24. The van der Waals surface area contributed by atoms with Crippen molar-refractivity contribution in [1.29, 1.82) is 0 Å². The van der Waals surface area contributed by atoms with E-state index in [-0.39, 0.29) is 0 Å². The summed E-state index contributed by atoms with van der Waals surface area (Å²) < 4.78 is 2.41. The van der Waals surface area contributed by atoms with Crippen LogP contribution < -0.4 is 5.32 Å². The number of piperidine rings is 1. The number of hydrogen-bond donors (Lipinski definition) is 1. The van der Waals surface area contributed by atoms with E-state index >= 15 is 0 Å². The first-order valence-corrected chi connectivity index (χ1v) is 8.32. The third kappa shape index (κ3) is 2.18. The lowest BCUT2D eigenvalue weighted by atomic mass is 9.74. The van der Waals surface area contributed by atoms with E-state index in [0.717, 1.165) is 24.8 Å². The van der Waals surface area contributed by atoms with Crippen molar-refractivity contribution in [2.24, 2.45) is 11.8 Å². The van der Waals surface area contributed by atoms with Gasteiger partial charge in [-0.05, 0) is 67.3 Å². The molecule has 2 bridgehead atoms. The molecule has 1 aromatic heterocycles. The molecular weight excluding hydrogens is 258 g/mol. The Balaban J connectivity index is 1.86. The third-order valence-corrected chi connectivity index (χ3v) is 5.14. The quantitative estimate of drug-likeness (QED) is 0.917. The van der Waals surface area contributed by atoms with Crippen LogP contribution in [0.5, 0.6) is 0 Å². The first-order valence-electron chi connectivity index (χ1n) is 8.32. The molecule has 0 radical (unpaired) electrons. The van der Waals surface area contributed by atoms with Crippen LogP contribution in [-0.2, 0) is 13.0 Å². The molecule has 1 saturated heterocycles. The largest absolute Gasteiger partial charge is 0.328 e. The van der Waals surface area contributed by atoms with Gasteiger partial charge in [-0.25, -0.2) is 4.98 Å². The Hall–Kier alpha value is -1.35. The molecule has 2 aromatic rings. The maximum atomic E-state index is 4.82. The third-order valence-electron chi connectivity index (χ3n) is 5.14. The lowest BCUT2D eigenvalue weighted by Gasteiger charge is -2.36. The molecule has 1 aromatic carbocycles. The van der Waals surface area contributed by atoms with Crippen LogP contribution in [0.4, 0.5) is 0 Å². The van der Waals surface area contributed by atoms with Gasteiger partial charge in [-0.1, -0.05) is 13.8 Å². The number of benzene rings is 1. The van der Waals surface area contributed by atoms with Crippen LogP contribution in [0, 0.1) is 18.8 Å². The van der Waals surface area contributed by atoms with Crippen LogP contribution >= 0.6 is 0 Å². The second kappa shape index (κ2) is 4.84. The van der Waals surface area contributed by atoms with Crippen LogP contribution in [0.15, 0.2) is 12.1 Å². The molecule has 21 heavy (non-hydrogen) atoms. The molecule has 2 aliphatic rings. The van der Waals surface area contributed by atoms with Gasteiger partial charge in [0.25, 0.3) is 0 Å². The van der Waals surface area contributed by atoms with E-state index in [1.807, 2.05) is 0 Å². The molecule has 3 heteroatoms. The zero-order valence-electron chi connectivity index (χ0n) is 13.3. The van der Waals surface area contributed by atoms with E-state index in [9.17, 15) is 0 Å². The summed E-state index contributed by atoms with van der Waals surface area (Å²) in [6, 6.07) is 4.82. The van der Waals surface area contributed by atoms with Gasteiger partial charge in [-0.2, -0.15) is 0 Å². The molecule has 1 fully saturated rings. The number of rotatable bonds is 2. The van der Waals surface area contributed by atoms with Gasteiger partial charge in [0.1, 0.15) is 5.82 Å². The van der Waals surface area contributed by atoms with Gasteiger partial charge >= 0.3 is 0 Å². The summed E-state index contributed by atoms with van der Waals surface area (Å²) in [6.45, 7) is 10.1. The standard InChI is InChI=1S/C18H25N3/c1-11(2)10-21-12(3)20-17-6-14-4-13-5-15(9-19-8-13)16(14)7-18(17)21/h6-7,11,13,15,19H,4-5,8-10H2,1-3H3. The fraction of sp³-hybridized carbons (Fsp3) is 0.611. The minimum atomic E-state index is 0.651. The zero-order valence-corrected chi connectivity index (χ0v) is 13.3. The van der Waals surface area contributed by atoms with Crippen molar-refractivity contribution >= 4 is 11.0 Å². The van der Waals surface area contributed by atoms with Crippen molar-refractivity contribution in [3.05, 3.63) is 29.1 Å². The lowest BCUT2D eigenvalue weighted by Crippen LogP contribution is -2.39. The number of fused-ring (bicyclic) bond motifs is 5. The molecule has 3 nitrogen and oxygen atoms in total. The van der Waals surface area contributed by atoms with Gasteiger partial charge in [-0.15, -0.1) is 0 Å². The Morgan fingerprint density at radius 1 is 1.33 bits per heavy atom. The summed E-state index contributed by atoms with van der Waals surface area (Å²) in [5, 5.41) is 3.61. The summed E-state index contributed by atoms with van der Waals surface area (Å²) in [6.07, 6.45) is 2.59. The molecular formula is C18H25N3. The Bertz CT molecular complexity index is 683. The topological polar surface area (TPSA) is 29.9 Å². The number of hydrogen-bond acceptors (Lipinski definition) is 2. The van der Waals surface area contributed by atoms with E-state index in [4.69, 9.17) is 4.98 Å². The van der Waals surface area contributed by atoms with E-state index in [1.54, 1.807) is 11.1 Å². The maximum absolute atomic E-state index is 4.82. The van der Waals surface area contributed by atoms with Crippen LogP contribution in [0.3, 0.4) is 0 Å². The SMILES string of the molecule is Cc1nc2cc3c(cc2n1CC(C)C)C1CNCC(C3)C1. The summed E-state index contributed by atoms with van der Waals surface area (Å²) in [4.78, 5) is 4.82. The van der Waals surface area contributed by atoms with Gasteiger partial charge in [0, 0.05) is 13.1 Å². The Morgan fingerprint density at radius 2 is 2.19 bits per heavy atom. The smallest absolute Gasteiger partial charge is 0.106 e. The van der Waals surface area contributed by atoms with Gasteiger partial charge in [-0.3, -0.25) is 0 Å². The molecule has 1 aliphatic heterocycles. The fourth-order valence-corrected chi connectivity index (χ4v) is 4.24. The summed E-state index contributed by atoms with van der Waals surface area (Å²) in [5.74, 6) is 3.34. The lowest BCUT2D eigenvalue weighted by molar-refractivity contribution is 0.318. The van der Waals surface area contributed by atoms with E-state index < -0.39 is 0 Å². The molecule has 2 heterocycles. The molecule has 2 atom stereocenters. The average Bonchev–Trinajstić information content (AvgIpc) is 2.72. The van der Waals surface area contributed by atoms with Crippen molar-refractivity contribution in [3.63, 3.8) is 0 Å². The minimum Gasteiger partial charge on any atom is -0.328 e. The second-order valence-corrected chi connectivity index (χ2v) is 7.36. The maximum Gasteiger partial charge on any atom is 0.106 e. The summed E-state index contributed by atoms with van der Waals surface area (Å²) >= 11 is 0. The van der Waals surface area contributed by atoms with E-state index in [0.29, 0.717) is 11.8 Å². The highest BCUT2D eigenvalue weighted by Gasteiger charge is 2.31. The first kappa shape index (κ1) is 13.3. The van der Waals surface area contributed by atoms with Crippen LogP contribution in [0.2, 0.25) is 0 Å². The Morgan fingerprint density at radius 3 is 3.00 bits per heavy atom. The molecule has 1 N–H and O–H groups in total. The highest BCUT2D eigenvalue weighted by atomic mass is 15.1. The van der Waals surface area contributed by atoms with Crippen LogP contribution in [0.25, 0.3) is 11.0 Å². The predicted octanol–water partition coefficient (Wildman–Crippen LogP) is 3.25. The van der Waals surface area contributed by atoms with Gasteiger partial charge < -0.3 is 9.88 Å². The van der Waals surface area contributed by atoms with Crippen molar-refractivity contribution in [3.8, 4) is 0 Å². The monoisotopic (exact) mass is 283 g/mol. The number of aryl methyl sites for hydroxylation is 1. The van der Waals surface area contributed by atoms with Crippen molar-refractivity contribution in [2.45, 2.75) is 46.1 Å². The number of nitrogens with one attached hydrogen (secondary N) is 1. The molecule has 2 unspecified atom stereocenters. The molecule has 4 rings (SSSR count). The van der Waals surface area contributed by atoms with Crippen molar-refractivity contribution in [2.75, 3.05) is 13.1 Å². The summed E-state index contributed by atoms with van der Waals surface area (Å²) in [5.41, 5.74) is 5.67. The van der Waals surface area contributed by atoms with Gasteiger partial charge in [0.2, 0.25) is 0 Å². The molecule has 0 spiro atoms. The second-order valence-electron chi connectivity index (χ2n) is 7.36. The van der Waals surface area contributed by atoms with Crippen molar-refractivity contribution < 1.29 is 0 Å². The Labute approximate surface area is 126 Å². The minimum absolute atomic E-state index is 0.651. The molecule has 1 aliphatic carbocycles. The highest BCUT2D eigenvalue weighted by molar-refractivity contribution is 5.78. The first-order chi connectivity index (χ1) is 10.1. The molecule has 112 valence electrons. The normalized spacial score (nSPS) is 24.6. The molecule has 0 amide bonds. The van der Waals surface area contributed by atoms with E-state index in [2.05, 4.69) is 42.8 Å². The highest BCUT2D eigenvalue weighted by Crippen LogP contribution is 2.38. The Kier molecular flexibility index (Phi) is 3.07. The van der Waals surface area contributed by atoms with Crippen LogP contribution in [-0.4, -0.2) is 22.6 Å². The van der Waals surface area contributed by atoms with Gasteiger partial charge in [0.05, 0.1) is 11.0 Å². The van der Waals surface area contributed by atoms with E-state index in [1.165, 1.54) is 30.4 Å². The number of imidazole rings is 1. The van der Waals surface area contributed by atoms with Gasteiger partial charge in [0.15, 0.2) is 0 Å².